The zero-order valence-electron chi connectivity index (χ0n) is 11.1. The Labute approximate surface area is 109 Å². The summed E-state index contributed by atoms with van der Waals surface area (Å²) in [7, 11) is 0. The fourth-order valence-corrected chi connectivity index (χ4v) is 2.00. The molecule has 0 amide bonds. The van der Waals surface area contributed by atoms with E-state index < -0.39 is 5.97 Å². The van der Waals surface area contributed by atoms with Gasteiger partial charge < -0.3 is 5.11 Å². The highest BCUT2D eigenvalue weighted by Gasteiger charge is 1.99. The summed E-state index contributed by atoms with van der Waals surface area (Å²) in [6.07, 6.45) is 10.2. The minimum Gasteiger partial charge on any atom is -0.478 e. The molecular formula is C16H22O2. The monoisotopic (exact) mass is 246 g/mol. The summed E-state index contributed by atoms with van der Waals surface area (Å²) in [5.41, 5.74) is 2.27. The quantitative estimate of drug-likeness (QED) is 0.548. The van der Waals surface area contributed by atoms with Gasteiger partial charge in [0, 0.05) is 6.08 Å². The molecule has 98 valence electrons. The summed E-state index contributed by atoms with van der Waals surface area (Å²) in [4.78, 5) is 10.5. The standard InChI is InChI=1S/C16H22O2/c1-2-3-4-5-6-9-14-10-7-8-11-15(14)12-13-16(17)18/h7-8,10-13H,2-6,9H2,1H3,(H,17,18). The number of carboxylic acids is 1. The average molecular weight is 246 g/mol. The van der Waals surface area contributed by atoms with Gasteiger partial charge in [-0.3, -0.25) is 0 Å². The normalized spacial score (nSPS) is 10.9. The lowest BCUT2D eigenvalue weighted by molar-refractivity contribution is -0.131. The lowest BCUT2D eigenvalue weighted by Crippen LogP contribution is -1.91. The molecule has 0 saturated carbocycles. The smallest absolute Gasteiger partial charge is 0.328 e. The van der Waals surface area contributed by atoms with Gasteiger partial charge in [-0.2, -0.15) is 0 Å². The third kappa shape index (κ3) is 5.67. The van der Waals surface area contributed by atoms with Crippen LogP contribution in [-0.4, -0.2) is 11.1 Å². The van der Waals surface area contributed by atoms with Crippen LogP contribution >= 0.6 is 0 Å². The molecule has 0 aliphatic carbocycles. The Kier molecular flexibility index (Phi) is 6.85. The zero-order valence-corrected chi connectivity index (χ0v) is 11.1. The molecule has 0 spiro atoms. The maximum absolute atomic E-state index is 10.5. The highest BCUT2D eigenvalue weighted by atomic mass is 16.4. The van der Waals surface area contributed by atoms with Crippen molar-refractivity contribution in [3.63, 3.8) is 0 Å². The molecule has 0 radical (unpaired) electrons. The van der Waals surface area contributed by atoms with Crippen LogP contribution in [0.3, 0.4) is 0 Å². The van der Waals surface area contributed by atoms with Gasteiger partial charge in [-0.1, -0.05) is 56.9 Å². The van der Waals surface area contributed by atoms with Crippen LogP contribution in [-0.2, 0) is 11.2 Å². The van der Waals surface area contributed by atoms with Crippen LogP contribution in [0.2, 0.25) is 0 Å². The number of carbonyl (C=O) groups is 1. The Morgan fingerprint density at radius 3 is 2.61 bits per heavy atom. The van der Waals surface area contributed by atoms with Crippen LogP contribution in [0.25, 0.3) is 6.08 Å². The van der Waals surface area contributed by atoms with Crippen molar-refractivity contribution >= 4 is 12.0 Å². The van der Waals surface area contributed by atoms with E-state index in [-0.39, 0.29) is 0 Å². The van der Waals surface area contributed by atoms with Gasteiger partial charge in [0.05, 0.1) is 0 Å². The number of aryl methyl sites for hydroxylation is 1. The molecule has 1 aromatic carbocycles. The molecule has 0 bridgehead atoms. The van der Waals surface area contributed by atoms with Crippen molar-refractivity contribution < 1.29 is 9.90 Å². The minimum atomic E-state index is -0.896. The molecule has 2 nitrogen and oxygen atoms in total. The van der Waals surface area contributed by atoms with Crippen molar-refractivity contribution in [1.29, 1.82) is 0 Å². The van der Waals surface area contributed by atoms with E-state index in [9.17, 15) is 4.79 Å². The SMILES string of the molecule is CCCCCCCc1ccccc1C=CC(=O)O. The van der Waals surface area contributed by atoms with E-state index in [0.717, 1.165) is 12.0 Å². The zero-order chi connectivity index (χ0) is 13.2. The first-order chi connectivity index (χ1) is 8.74. The van der Waals surface area contributed by atoms with E-state index in [1.165, 1.54) is 43.7 Å². The van der Waals surface area contributed by atoms with E-state index >= 15 is 0 Å². The first kappa shape index (κ1) is 14.5. The second kappa shape index (κ2) is 8.51. The Balaban J connectivity index is 2.51. The van der Waals surface area contributed by atoms with Crippen LogP contribution in [0.4, 0.5) is 0 Å². The molecule has 1 N–H and O–H groups in total. The Morgan fingerprint density at radius 2 is 1.89 bits per heavy atom. The molecule has 1 rings (SSSR count). The molecule has 0 aliphatic rings. The second-order valence-electron chi connectivity index (χ2n) is 4.53. The number of hydrogen-bond donors (Lipinski definition) is 1. The maximum Gasteiger partial charge on any atom is 0.328 e. The predicted molar refractivity (Wildman–Crippen MR) is 75.6 cm³/mol. The number of rotatable bonds is 8. The Bertz CT molecular complexity index is 394. The van der Waals surface area contributed by atoms with Crippen molar-refractivity contribution in [3.05, 3.63) is 41.5 Å². The number of hydrogen-bond acceptors (Lipinski definition) is 1. The summed E-state index contributed by atoms with van der Waals surface area (Å²) in [5, 5.41) is 8.65. The molecule has 0 aliphatic heterocycles. The molecular weight excluding hydrogens is 224 g/mol. The molecule has 0 unspecified atom stereocenters. The molecule has 1 aromatic rings. The first-order valence-corrected chi connectivity index (χ1v) is 6.73. The summed E-state index contributed by atoms with van der Waals surface area (Å²) in [5.74, 6) is -0.896. The number of aliphatic carboxylic acids is 1. The fourth-order valence-electron chi connectivity index (χ4n) is 2.00. The Hall–Kier alpha value is -1.57. The predicted octanol–water partition coefficient (Wildman–Crippen LogP) is 4.30. The minimum absolute atomic E-state index is 0.896. The molecule has 18 heavy (non-hydrogen) atoms. The van der Waals surface area contributed by atoms with Gasteiger partial charge in [-0.25, -0.2) is 4.79 Å². The number of carboxylic acid groups (broad SMARTS) is 1. The largest absolute Gasteiger partial charge is 0.478 e. The van der Waals surface area contributed by atoms with Crippen molar-refractivity contribution in [1.82, 2.24) is 0 Å². The fraction of sp³-hybridized carbons (Fsp3) is 0.438. The van der Waals surface area contributed by atoms with Crippen LogP contribution in [0.5, 0.6) is 0 Å². The molecule has 0 heterocycles. The van der Waals surface area contributed by atoms with Gasteiger partial charge in [0.25, 0.3) is 0 Å². The van der Waals surface area contributed by atoms with Crippen molar-refractivity contribution in [2.75, 3.05) is 0 Å². The lowest BCUT2D eigenvalue weighted by Gasteiger charge is -2.05. The summed E-state index contributed by atoms with van der Waals surface area (Å²) in [6, 6.07) is 8.02. The van der Waals surface area contributed by atoms with Gasteiger partial charge in [0.1, 0.15) is 0 Å². The van der Waals surface area contributed by atoms with Gasteiger partial charge in [0.15, 0.2) is 0 Å². The van der Waals surface area contributed by atoms with E-state index in [1.807, 2.05) is 18.2 Å². The summed E-state index contributed by atoms with van der Waals surface area (Å²) < 4.78 is 0. The Morgan fingerprint density at radius 1 is 1.17 bits per heavy atom. The van der Waals surface area contributed by atoms with Crippen LogP contribution in [0.1, 0.15) is 50.2 Å². The highest BCUT2D eigenvalue weighted by molar-refractivity contribution is 5.85. The first-order valence-electron chi connectivity index (χ1n) is 6.73. The van der Waals surface area contributed by atoms with E-state index in [1.54, 1.807) is 6.08 Å². The third-order valence-electron chi connectivity index (χ3n) is 3.01. The summed E-state index contributed by atoms with van der Waals surface area (Å²) in [6.45, 7) is 2.21. The van der Waals surface area contributed by atoms with Gasteiger partial charge in [-0.05, 0) is 30.0 Å². The molecule has 0 fully saturated rings. The van der Waals surface area contributed by atoms with Gasteiger partial charge in [-0.15, -0.1) is 0 Å². The average Bonchev–Trinajstić information content (AvgIpc) is 2.37. The summed E-state index contributed by atoms with van der Waals surface area (Å²) >= 11 is 0. The topological polar surface area (TPSA) is 37.3 Å². The lowest BCUT2D eigenvalue weighted by atomic mass is 10.0. The van der Waals surface area contributed by atoms with Gasteiger partial charge in [0.2, 0.25) is 0 Å². The third-order valence-corrected chi connectivity index (χ3v) is 3.01. The number of unbranched alkanes of at least 4 members (excludes halogenated alkanes) is 4. The molecule has 0 atom stereocenters. The van der Waals surface area contributed by atoms with Crippen LogP contribution < -0.4 is 0 Å². The highest BCUT2D eigenvalue weighted by Crippen LogP contribution is 2.15. The van der Waals surface area contributed by atoms with E-state index in [2.05, 4.69) is 13.0 Å². The van der Waals surface area contributed by atoms with E-state index in [4.69, 9.17) is 5.11 Å². The maximum atomic E-state index is 10.5. The molecule has 0 aromatic heterocycles. The van der Waals surface area contributed by atoms with E-state index in [0.29, 0.717) is 0 Å². The number of benzene rings is 1. The van der Waals surface area contributed by atoms with Crippen molar-refractivity contribution in [3.8, 4) is 0 Å². The van der Waals surface area contributed by atoms with Crippen LogP contribution in [0.15, 0.2) is 30.3 Å². The van der Waals surface area contributed by atoms with Gasteiger partial charge >= 0.3 is 5.97 Å². The van der Waals surface area contributed by atoms with Crippen LogP contribution in [0, 0.1) is 0 Å². The van der Waals surface area contributed by atoms with Crippen molar-refractivity contribution in [2.24, 2.45) is 0 Å². The second-order valence-corrected chi connectivity index (χ2v) is 4.53. The van der Waals surface area contributed by atoms with Crippen molar-refractivity contribution in [2.45, 2.75) is 45.4 Å². The molecule has 2 heteroatoms. The molecule has 0 saturated heterocycles.